The number of rotatable bonds is 3. The quantitative estimate of drug-likeness (QED) is 0.840. The molecule has 0 aliphatic heterocycles. The molecule has 0 radical (unpaired) electrons. The van der Waals surface area contributed by atoms with E-state index in [0.717, 1.165) is 18.4 Å². The molecule has 0 unspecified atom stereocenters. The molecule has 0 heterocycles. The first kappa shape index (κ1) is 12.4. The molecule has 0 aromatic heterocycles. The first-order chi connectivity index (χ1) is 8.18. The van der Waals surface area contributed by atoms with Crippen molar-refractivity contribution in [1.29, 1.82) is 0 Å². The van der Waals surface area contributed by atoms with Gasteiger partial charge in [-0.3, -0.25) is 9.63 Å². The Kier molecular flexibility index (Phi) is 4.02. The fourth-order valence-corrected chi connectivity index (χ4v) is 2.23. The maximum absolute atomic E-state index is 11.9. The topological polar surface area (TPSA) is 38.3 Å². The van der Waals surface area contributed by atoms with Gasteiger partial charge in [0.15, 0.2) is 0 Å². The number of carbonyl (C=O) groups is 1. The van der Waals surface area contributed by atoms with Crippen molar-refractivity contribution in [1.82, 2.24) is 5.48 Å². The average Bonchev–Trinajstić information content (AvgIpc) is 2.82. The van der Waals surface area contributed by atoms with Crippen LogP contribution in [-0.2, 0) is 4.84 Å². The molecule has 1 aliphatic carbocycles. The SMILES string of the molecule is Cc1c(Cl)cccc1C(=O)NOC1CCCC1. The highest BCUT2D eigenvalue weighted by Gasteiger charge is 2.18. The second kappa shape index (κ2) is 5.52. The van der Waals surface area contributed by atoms with Gasteiger partial charge < -0.3 is 0 Å². The molecule has 1 fully saturated rings. The Hall–Kier alpha value is -1.06. The van der Waals surface area contributed by atoms with Crippen LogP contribution in [-0.4, -0.2) is 12.0 Å². The molecule has 4 heteroatoms. The van der Waals surface area contributed by atoms with Crippen LogP contribution in [0.1, 0.15) is 41.6 Å². The smallest absolute Gasteiger partial charge is 0.270 e. The first-order valence-electron chi connectivity index (χ1n) is 5.89. The maximum atomic E-state index is 11.9. The molecule has 92 valence electrons. The molecule has 0 saturated heterocycles. The number of amides is 1. The fraction of sp³-hybridized carbons (Fsp3) is 0.462. The van der Waals surface area contributed by atoms with E-state index in [0.29, 0.717) is 10.6 Å². The van der Waals surface area contributed by atoms with E-state index in [-0.39, 0.29) is 12.0 Å². The van der Waals surface area contributed by atoms with Gasteiger partial charge in [0, 0.05) is 10.6 Å². The number of benzene rings is 1. The Morgan fingerprint density at radius 1 is 1.41 bits per heavy atom. The largest absolute Gasteiger partial charge is 0.275 e. The van der Waals surface area contributed by atoms with Crippen molar-refractivity contribution in [2.75, 3.05) is 0 Å². The van der Waals surface area contributed by atoms with Crippen molar-refractivity contribution >= 4 is 17.5 Å². The molecular weight excluding hydrogens is 238 g/mol. The third-order valence-electron chi connectivity index (χ3n) is 3.13. The van der Waals surface area contributed by atoms with Gasteiger partial charge in [-0.2, -0.15) is 0 Å². The molecule has 1 N–H and O–H groups in total. The molecule has 1 aromatic rings. The van der Waals surface area contributed by atoms with Crippen molar-refractivity contribution in [3.63, 3.8) is 0 Å². The van der Waals surface area contributed by atoms with Crippen LogP contribution in [0.15, 0.2) is 18.2 Å². The van der Waals surface area contributed by atoms with Crippen molar-refractivity contribution < 1.29 is 9.63 Å². The molecule has 1 amide bonds. The molecular formula is C13H16ClNO2. The van der Waals surface area contributed by atoms with Crippen LogP contribution in [0, 0.1) is 6.92 Å². The minimum Gasteiger partial charge on any atom is -0.270 e. The van der Waals surface area contributed by atoms with Gasteiger partial charge in [0.05, 0.1) is 6.10 Å². The third-order valence-corrected chi connectivity index (χ3v) is 3.54. The number of nitrogens with one attached hydrogen (secondary N) is 1. The van der Waals surface area contributed by atoms with Crippen LogP contribution < -0.4 is 5.48 Å². The number of hydrogen-bond donors (Lipinski definition) is 1. The monoisotopic (exact) mass is 253 g/mol. The van der Waals surface area contributed by atoms with Gasteiger partial charge in [-0.25, -0.2) is 5.48 Å². The zero-order chi connectivity index (χ0) is 12.3. The molecule has 0 atom stereocenters. The number of halogens is 1. The molecule has 2 rings (SSSR count). The lowest BCUT2D eigenvalue weighted by Crippen LogP contribution is -2.28. The zero-order valence-electron chi connectivity index (χ0n) is 9.83. The Balaban J connectivity index is 1.97. The summed E-state index contributed by atoms with van der Waals surface area (Å²) in [5.41, 5.74) is 3.86. The van der Waals surface area contributed by atoms with Crippen LogP contribution in [0.3, 0.4) is 0 Å². The molecule has 1 saturated carbocycles. The number of hydroxylamine groups is 1. The maximum Gasteiger partial charge on any atom is 0.275 e. The predicted molar refractivity (Wildman–Crippen MR) is 67.0 cm³/mol. The van der Waals surface area contributed by atoms with Gasteiger partial charge in [0.2, 0.25) is 0 Å². The minimum absolute atomic E-state index is 0.165. The summed E-state index contributed by atoms with van der Waals surface area (Å²) in [5, 5.41) is 0.596. The molecule has 0 bridgehead atoms. The standard InChI is InChI=1S/C13H16ClNO2/c1-9-11(7-4-8-12(9)14)13(16)15-17-10-5-2-3-6-10/h4,7-8,10H,2-3,5-6H2,1H3,(H,15,16). The second-order valence-corrected chi connectivity index (χ2v) is 4.78. The van der Waals surface area contributed by atoms with E-state index in [1.165, 1.54) is 12.8 Å². The summed E-state index contributed by atoms with van der Waals surface area (Å²) in [6, 6.07) is 5.28. The summed E-state index contributed by atoms with van der Waals surface area (Å²) in [4.78, 5) is 17.3. The van der Waals surface area contributed by atoms with Crippen LogP contribution >= 0.6 is 11.6 Å². The summed E-state index contributed by atoms with van der Waals surface area (Å²) in [6.07, 6.45) is 4.57. The van der Waals surface area contributed by atoms with E-state index >= 15 is 0 Å². The van der Waals surface area contributed by atoms with Gasteiger partial charge in [-0.15, -0.1) is 0 Å². The van der Waals surface area contributed by atoms with Crippen molar-refractivity contribution in [2.24, 2.45) is 0 Å². The highest BCUT2D eigenvalue weighted by Crippen LogP contribution is 2.21. The Labute approximate surface area is 106 Å². The van der Waals surface area contributed by atoms with Crippen LogP contribution in [0.2, 0.25) is 5.02 Å². The van der Waals surface area contributed by atoms with Crippen molar-refractivity contribution in [3.8, 4) is 0 Å². The van der Waals surface area contributed by atoms with Crippen LogP contribution in [0.25, 0.3) is 0 Å². The van der Waals surface area contributed by atoms with E-state index in [2.05, 4.69) is 5.48 Å². The fourth-order valence-electron chi connectivity index (χ4n) is 2.05. The summed E-state index contributed by atoms with van der Waals surface area (Å²) >= 11 is 5.96. The van der Waals surface area contributed by atoms with Crippen molar-refractivity contribution in [2.45, 2.75) is 38.7 Å². The van der Waals surface area contributed by atoms with E-state index < -0.39 is 0 Å². The number of carbonyl (C=O) groups excluding carboxylic acids is 1. The summed E-state index contributed by atoms with van der Waals surface area (Å²) < 4.78 is 0. The van der Waals surface area contributed by atoms with Crippen LogP contribution in [0.5, 0.6) is 0 Å². The summed E-state index contributed by atoms with van der Waals surface area (Å²) in [7, 11) is 0. The first-order valence-corrected chi connectivity index (χ1v) is 6.27. The van der Waals surface area contributed by atoms with E-state index in [4.69, 9.17) is 16.4 Å². The van der Waals surface area contributed by atoms with E-state index in [1.807, 2.05) is 6.92 Å². The minimum atomic E-state index is -0.225. The van der Waals surface area contributed by atoms with Gasteiger partial charge in [-0.1, -0.05) is 30.5 Å². The molecule has 0 spiro atoms. The van der Waals surface area contributed by atoms with E-state index in [1.54, 1.807) is 18.2 Å². The predicted octanol–water partition coefficient (Wildman–Crippen LogP) is 3.25. The molecule has 1 aromatic carbocycles. The molecule has 3 nitrogen and oxygen atoms in total. The lowest BCUT2D eigenvalue weighted by Gasteiger charge is -2.12. The molecule has 1 aliphatic rings. The lowest BCUT2D eigenvalue weighted by atomic mass is 10.1. The average molecular weight is 254 g/mol. The Bertz CT molecular complexity index is 414. The number of hydrogen-bond acceptors (Lipinski definition) is 2. The summed E-state index contributed by atoms with van der Waals surface area (Å²) in [6.45, 7) is 1.83. The highest BCUT2D eigenvalue weighted by atomic mass is 35.5. The van der Waals surface area contributed by atoms with Gasteiger partial charge >= 0.3 is 0 Å². The van der Waals surface area contributed by atoms with Gasteiger partial charge in [0.25, 0.3) is 5.91 Å². The van der Waals surface area contributed by atoms with E-state index in [9.17, 15) is 4.79 Å². The summed E-state index contributed by atoms with van der Waals surface area (Å²) in [5.74, 6) is -0.225. The van der Waals surface area contributed by atoms with Gasteiger partial charge in [0.1, 0.15) is 0 Å². The van der Waals surface area contributed by atoms with Gasteiger partial charge in [-0.05, 0) is 37.5 Å². The lowest BCUT2D eigenvalue weighted by molar-refractivity contribution is -0.0125. The molecule has 17 heavy (non-hydrogen) atoms. The zero-order valence-corrected chi connectivity index (χ0v) is 10.6. The highest BCUT2D eigenvalue weighted by molar-refractivity contribution is 6.31. The normalized spacial score (nSPS) is 16.1. The van der Waals surface area contributed by atoms with Crippen LogP contribution in [0.4, 0.5) is 0 Å². The van der Waals surface area contributed by atoms with Crippen molar-refractivity contribution in [3.05, 3.63) is 34.3 Å². The Morgan fingerprint density at radius 3 is 2.82 bits per heavy atom. The second-order valence-electron chi connectivity index (χ2n) is 4.37. The Morgan fingerprint density at radius 2 is 2.12 bits per heavy atom. The third kappa shape index (κ3) is 2.99.